The summed E-state index contributed by atoms with van der Waals surface area (Å²) in [5.41, 5.74) is 0.957. The summed E-state index contributed by atoms with van der Waals surface area (Å²) in [6.07, 6.45) is -0.586. The molecule has 1 fully saturated rings. The summed E-state index contributed by atoms with van der Waals surface area (Å²) >= 11 is 1.62. The van der Waals surface area contributed by atoms with Crippen molar-refractivity contribution in [2.24, 2.45) is 0 Å². The van der Waals surface area contributed by atoms with Gasteiger partial charge in [0.1, 0.15) is 12.4 Å². The van der Waals surface area contributed by atoms with Crippen molar-refractivity contribution in [3.05, 3.63) is 53.2 Å². The molecule has 5 rings (SSSR count). The molecule has 1 aromatic carbocycles. The Labute approximate surface area is 178 Å². The maximum absolute atomic E-state index is 12.9. The molecule has 4 heterocycles. The van der Waals surface area contributed by atoms with E-state index in [2.05, 4.69) is 9.88 Å². The van der Waals surface area contributed by atoms with Gasteiger partial charge in [-0.15, -0.1) is 11.3 Å². The van der Waals surface area contributed by atoms with Crippen LogP contribution in [0.5, 0.6) is 11.5 Å². The molecule has 0 bridgehead atoms. The number of para-hydroxylation sites is 2. The second kappa shape index (κ2) is 8.12. The lowest BCUT2D eigenvalue weighted by molar-refractivity contribution is -0.143. The Hall–Kier alpha value is -2.84. The number of ether oxygens (including phenoxy) is 2. The van der Waals surface area contributed by atoms with Gasteiger partial charge >= 0.3 is 0 Å². The van der Waals surface area contributed by atoms with Crippen LogP contribution in [0.3, 0.4) is 0 Å². The first-order chi connectivity index (χ1) is 14.7. The number of thiophene rings is 1. The molecular formula is C22H23N3O4S. The van der Waals surface area contributed by atoms with Crippen LogP contribution >= 0.6 is 11.3 Å². The van der Waals surface area contributed by atoms with Gasteiger partial charge in [0.25, 0.3) is 5.91 Å². The summed E-state index contributed by atoms with van der Waals surface area (Å²) in [7, 11) is 0. The van der Waals surface area contributed by atoms with E-state index in [9.17, 15) is 4.79 Å². The standard InChI is InChI=1S/C22H23N3O4S/c1-15-16(23-21(28-15)20-7-4-12-30-20)13-24-8-10-25(11-9-24)22(26)19-14-27-17-5-2-3-6-18(17)29-19/h2-7,12,19H,8-11,13-14H2,1H3/t19-/m0/s1. The molecule has 1 amide bonds. The topological polar surface area (TPSA) is 68.0 Å². The monoisotopic (exact) mass is 425 g/mol. The van der Waals surface area contributed by atoms with Gasteiger partial charge in [0.05, 0.1) is 10.6 Å². The average molecular weight is 426 g/mol. The van der Waals surface area contributed by atoms with Crippen molar-refractivity contribution in [1.82, 2.24) is 14.8 Å². The number of benzene rings is 1. The van der Waals surface area contributed by atoms with Crippen molar-refractivity contribution in [3.8, 4) is 22.3 Å². The molecule has 2 aliphatic rings. The van der Waals surface area contributed by atoms with E-state index in [0.717, 1.165) is 36.0 Å². The average Bonchev–Trinajstić information content (AvgIpc) is 3.44. The van der Waals surface area contributed by atoms with Gasteiger partial charge in [-0.2, -0.15) is 0 Å². The molecule has 0 aliphatic carbocycles. The highest BCUT2D eigenvalue weighted by Crippen LogP contribution is 2.31. The van der Waals surface area contributed by atoms with Crippen molar-refractivity contribution in [2.45, 2.75) is 19.6 Å². The minimum atomic E-state index is -0.586. The van der Waals surface area contributed by atoms with Crippen molar-refractivity contribution in [2.75, 3.05) is 32.8 Å². The number of carbonyl (C=O) groups excluding carboxylic acids is 1. The lowest BCUT2D eigenvalue weighted by Gasteiger charge is -2.36. The number of amides is 1. The maximum atomic E-state index is 12.9. The number of piperazine rings is 1. The van der Waals surface area contributed by atoms with Crippen LogP contribution in [-0.4, -0.2) is 59.6 Å². The van der Waals surface area contributed by atoms with E-state index in [1.807, 2.05) is 53.6 Å². The number of aryl methyl sites for hydroxylation is 1. The number of rotatable bonds is 4. The molecule has 8 heteroatoms. The Morgan fingerprint density at radius 3 is 2.70 bits per heavy atom. The van der Waals surface area contributed by atoms with E-state index in [-0.39, 0.29) is 12.5 Å². The van der Waals surface area contributed by atoms with E-state index in [4.69, 9.17) is 13.9 Å². The molecule has 0 N–H and O–H groups in total. The first kappa shape index (κ1) is 19.1. The van der Waals surface area contributed by atoms with E-state index in [1.54, 1.807) is 11.3 Å². The molecule has 1 atom stereocenters. The number of nitrogens with zero attached hydrogens (tertiary/aromatic N) is 3. The summed E-state index contributed by atoms with van der Waals surface area (Å²) in [5.74, 6) is 2.84. The Kier molecular flexibility index (Phi) is 5.18. The largest absolute Gasteiger partial charge is 0.485 e. The number of hydrogen-bond acceptors (Lipinski definition) is 7. The first-order valence-corrected chi connectivity index (χ1v) is 10.9. The Morgan fingerprint density at radius 1 is 1.13 bits per heavy atom. The molecule has 3 aromatic rings. The molecule has 1 saturated heterocycles. The van der Waals surface area contributed by atoms with E-state index >= 15 is 0 Å². The molecule has 0 spiro atoms. The number of aromatic nitrogens is 1. The fourth-order valence-corrected chi connectivity index (χ4v) is 4.41. The third-order valence-electron chi connectivity index (χ3n) is 5.47. The van der Waals surface area contributed by atoms with Gasteiger partial charge in [-0.25, -0.2) is 4.98 Å². The number of fused-ring (bicyclic) bond motifs is 1. The van der Waals surface area contributed by atoms with Crippen molar-refractivity contribution in [3.63, 3.8) is 0 Å². The van der Waals surface area contributed by atoms with Crippen molar-refractivity contribution >= 4 is 17.2 Å². The van der Waals surface area contributed by atoms with Gasteiger partial charge in [0.15, 0.2) is 11.5 Å². The van der Waals surface area contributed by atoms with Gasteiger partial charge in [0.2, 0.25) is 12.0 Å². The van der Waals surface area contributed by atoms with Gasteiger partial charge in [-0.3, -0.25) is 9.69 Å². The predicted octanol–water partition coefficient (Wildman–Crippen LogP) is 3.20. The zero-order valence-corrected chi connectivity index (χ0v) is 17.6. The Bertz CT molecular complexity index is 1020. The first-order valence-electron chi connectivity index (χ1n) is 10.1. The van der Waals surface area contributed by atoms with E-state index in [0.29, 0.717) is 30.5 Å². The molecule has 156 valence electrons. The number of hydrogen-bond donors (Lipinski definition) is 0. The fourth-order valence-electron chi connectivity index (χ4n) is 3.76. The van der Waals surface area contributed by atoms with E-state index in [1.165, 1.54) is 0 Å². The van der Waals surface area contributed by atoms with Crippen LogP contribution < -0.4 is 9.47 Å². The SMILES string of the molecule is Cc1oc(-c2cccs2)nc1CN1CCN(C(=O)[C@@H]2COc3ccccc3O2)CC1. The van der Waals surface area contributed by atoms with Gasteiger partial charge < -0.3 is 18.8 Å². The molecule has 0 radical (unpaired) electrons. The van der Waals surface area contributed by atoms with Gasteiger partial charge in [-0.1, -0.05) is 18.2 Å². The second-order valence-electron chi connectivity index (χ2n) is 7.46. The van der Waals surface area contributed by atoms with Gasteiger partial charge in [0, 0.05) is 32.7 Å². The summed E-state index contributed by atoms with van der Waals surface area (Å²) < 4.78 is 17.4. The summed E-state index contributed by atoms with van der Waals surface area (Å²) in [6, 6.07) is 11.5. The predicted molar refractivity (Wildman–Crippen MR) is 113 cm³/mol. The normalized spacial score (nSPS) is 19.1. The molecule has 7 nitrogen and oxygen atoms in total. The smallest absolute Gasteiger partial charge is 0.267 e. The fraction of sp³-hybridized carbons (Fsp3) is 0.364. The summed E-state index contributed by atoms with van der Waals surface area (Å²) in [6.45, 7) is 5.83. The van der Waals surface area contributed by atoms with Crippen molar-refractivity contribution in [1.29, 1.82) is 0 Å². The molecule has 2 aromatic heterocycles. The Balaban J connectivity index is 1.17. The molecule has 2 aliphatic heterocycles. The van der Waals surface area contributed by atoms with Crippen LogP contribution in [0.25, 0.3) is 10.8 Å². The maximum Gasteiger partial charge on any atom is 0.267 e. The van der Waals surface area contributed by atoms with Crippen molar-refractivity contribution < 1.29 is 18.7 Å². The Morgan fingerprint density at radius 2 is 1.93 bits per heavy atom. The van der Waals surface area contributed by atoms with Crippen LogP contribution in [0.1, 0.15) is 11.5 Å². The third-order valence-corrected chi connectivity index (χ3v) is 6.32. The second-order valence-corrected chi connectivity index (χ2v) is 8.41. The zero-order chi connectivity index (χ0) is 20.5. The van der Waals surface area contributed by atoms with Crippen LogP contribution in [0.15, 0.2) is 46.2 Å². The van der Waals surface area contributed by atoms with Crippen LogP contribution in [0.2, 0.25) is 0 Å². The van der Waals surface area contributed by atoms with Crippen LogP contribution in [0, 0.1) is 6.92 Å². The summed E-state index contributed by atoms with van der Waals surface area (Å²) in [5, 5.41) is 2.02. The number of oxazole rings is 1. The molecule has 0 saturated carbocycles. The van der Waals surface area contributed by atoms with E-state index < -0.39 is 6.10 Å². The third kappa shape index (κ3) is 3.80. The lowest BCUT2D eigenvalue weighted by Crippen LogP contribution is -2.53. The molecule has 0 unspecified atom stereocenters. The van der Waals surface area contributed by atoms with Crippen LogP contribution in [-0.2, 0) is 11.3 Å². The highest BCUT2D eigenvalue weighted by molar-refractivity contribution is 7.13. The van der Waals surface area contributed by atoms with Crippen LogP contribution in [0.4, 0.5) is 0 Å². The highest BCUT2D eigenvalue weighted by atomic mass is 32.1. The highest BCUT2D eigenvalue weighted by Gasteiger charge is 2.32. The summed E-state index contributed by atoms with van der Waals surface area (Å²) in [4.78, 5) is 22.8. The number of carbonyl (C=O) groups is 1. The lowest BCUT2D eigenvalue weighted by atomic mass is 10.2. The molecular weight excluding hydrogens is 402 g/mol. The minimum absolute atomic E-state index is 0.0123. The minimum Gasteiger partial charge on any atom is -0.485 e. The quantitative estimate of drug-likeness (QED) is 0.640. The molecule has 30 heavy (non-hydrogen) atoms. The zero-order valence-electron chi connectivity index (χ0n) is 16.7. The van der Waals surface area contributed by atoms with Gasteiger partial charge in [-0.05, 0) is 30.5 Å².